The largest absolute Gasteiger partial charge is 0.277 e. The standard InChI is InChI=1S/C27H57N3.Cr/c1-4-7-10-13-16-19-22-28-25-29(23-20-17-14-11-8-5-2)27-30(26-28)24-21-18-15-12-9-6-3;/h4-27H2,1-3H3;. The smallest absolute Gasteiger partial charge is 0.0529 e. The van der Waals surface area contributed by atoms with E-state index < -0.39 is 0 Å². The van der Waals surface area contributed by atoms with Crippen LogP contribution in [0.1, 0.15) is 136 Å². The van der Waals surface area contributed by atoms with Gasteiger partial charge in [0.25, 0.3) is 0 Å². The van der Waals surface area contributed by atoms with Crippen molar-refractivity contribution in [1.82, 2.24) is 14.7 Å². The topological polar surface area (TPSA) is 9.72 Å². The molecule has 0 aromatic heterocycles. The van der Waals surface area contributed by atoms with Crippen LogP contribution in [0.2, 0.25) is 0 Å². The molecule has 0 radical (unpaired) electrons. The molecule has 1 fully saturated rings. The number of unbranched alkanes of at least 4 members (excludes halogenated alkanes) is 15. The van der Waals surface area contributed by atoms with E-state index in [0.29, 0.717) is 0 Å². The molecular weight excluding hydrogens is 418 g/mol. The molecule has 0 unspecified atom stereocenters. The molecule has 1 rings (SSSR count). The van der Waals surface area contributed by atoms with Crippen LogP contribution < -0.4 is 0 Å². The normalized spacial score (nSPS) is 16.0. The monoisotopic (exact) mass is 475 g/mol. The van der Waals surface area contributed by atoms with Crippen LogP contribution in [-0.2, 0) is 17.4 Å². The number of rotatable bonds is 21. The van der Waals surface area contributed by atoms with Crippen molar-refractivity contribution >= 4 is 0 Å². The fraction of sp³-hybridized carbons (Fsp3) is 1.00. The van der Waals surface area contributed by atoms with Crippen LogP contribution in [-0.4, -0.2) is 54.3 Å². The minimum atomic E-state index is 0. The maximum absolute atomic E-state index is 2.73. The molecule has 0 saturated carbocycles. The quantitative estimate of drug-likeness (QED) is 0.156. The molecule has 1 saturated heterocycles. The van der Waals surface area contributed by atoms with Crippen molar-refractivity contribution in [3.63, 3.8) is 0 Å². The van der Waals surface area contributed by atoms with Crippen LogP contribution >= 0.6 is 0 Å². The van der Waals surface area contributed by atoms with Gasteiger partial charge in [-0.3, -0.25) is 14.7 Å². The SMILES string of the molecule is CCCCCCCCN1CN(CCCCCCCC)CN(CCCCCCCC)C1.[Cr]. The summed E-state index contributed by atoms with van der Waals surface area (Å²) >= 11 is 0. The second-order valence-corrected chi connectivity index (χ2v) is 9.91. The molecule has 3 nitrogen and oxygen atoms in total. The second kappa shape index (κ2) is 23.6. The zero-order valence-corrected chi connectivity index (χ0v) is 23.0. The molecule has 0 aliphatic carbocycles. The van der Waals surface area contributed by atoms with Crippen molar-refractivity contribution in [3.05, 3.63) is 0 Å². The third-order valence-electron chi connectivity index (χ3n) is 6.68. The minimum absolute atomic E-state index is 0. The Morgan fingerprint density at radius 1 is 0.355 bits per heavy atom. The van der Waals surface area contributed by atoms with E-state index in [0.717, 1.165) is 0 Å². The first-order chi connectivity index (χ1) is 14.8. The molecule has 0 aromatic rings. The first-order valence-electron chi connectivity index (χ1n) is 14.0. The summed E-state index contributed by atoms with van der Waals surface area (Å²) in [5, 5.41) is 0. The van der Waals surface area contributed by atoms with E-state index in [1.54, 1.807) is 0 Å². The summed E-state index contributed by atoms with van der Waals surface area (Å²) in [7, 11) is 0. The summed E-state index contributed by atoms with van der Waals surface area (Å²) in [4.78, 5) is 8.20. The Bertz CT molecular complexity index is 295. The van der Waals surface area contributed by atoms with E-state index in [4.69, 9.17) is 0 Å². The number of hydrogen-bond acceptors (Lipinski definition) is 3. The zero-order chi connectivity index (χ0) is 21.7. The second-order valence-electron chi connectivity index (χ2n) is 9.91. The molecule has 0 amide bonds. The predicted octanol–water partition coefficient (Wildman–Crippen LogP) is 7.86. The summed E-state index contributed by atoms with van der Waals surface area (Å²) in [6.45, 7) is 14.4. The van der Waals surface area contributed by atoms with Gasteiger partial charge in [-0.15, -0.1) is 0 Å². The van der Waals surface area contributed by atoms with Gasteiger partial charge in [-0.2, -0.15) is 0 Å². The maximum Gasteiger partial charge on any atom is 0.0529 e. The Labute approximate surface area is 207 Å². The molecule has 0 spiro atoms. The Balaban J connectivity index is 0.00000900. The average Bonchev–Trinajstić information content (AvgIpc) is 2.75. The van der Waals surface area contributed by atoms with Gasteiger partial charge in [0.1, 0.15) is 0 Å². The first-order valence-corrected chi connectivity index (χ1v) is 14.0. The first kappa shape index (κ1) is 31.4. The van der Waals surface area contributed by atoms with Crippen molar-refractivity contribution in [3.8, 4) is 0 Å². The number of nitrogens with zero attached hydrogens (tertiary/aromatic N) is 3. The van der Waals surface area contributed by atoms with E-state index in [1.807, 2.05) is 0 Å². The summed E-state index contributed by atoms with van der Waals surface area (Å²) in [5.41, 5.74) is 0. The van der Waals surface area contributed by atoms with Crippen molar-refractivity contribution in [1.29, 1.82) is 0 Å². The molecule has 4 heteroatoms. The molecule has 1 aliphatic heterocycles. The predicted molar refractivity (Wildman–Crippen MR) is 135 cm³/mol. The molecule has 0 N–H and O–H groups in total. The van der Waals surface area contributed by atoms with Crippen LogP contribution in [0.15, 0.2) is 0 Å². The molecule has 0 bridgehead atoms. The van der Waals surface area contributed by atoms with E-state index in [-0.39, 0.29) is 17.4 Å². The maximum atomic E-state index is 2.73. The molecule has 186 valence electrons. The van der Waals surface area contributed by atoms with Crippen LogP contribution in [0.3, 0.4) is 0 Å². The molecule has 0 aromatic carbocycles. The molecule has 1 aliphatic rings. The van der Waals surface area contributed by atoms with Crippen LogP contribution in [0.25, 0.3) is 0 Å². The minimum Gasteiger partial charge on any atom is -0.277 e. The average molecular weight is 476 g/mol. The van der Waals surface area contributed by atoms with Gasteiger partial charge in [-0.1, -0.05) is 117 Å². The summed E-state index contributed by atoms with van der Waals surface area (Å²) in [6, 6.07) is 0. The van der Waals surface area contributed by atoms with Crippen LogP contribution in [0, 0.1) is 0 Å². The Hall–Kier alpha value is 0.412. The van der Waals surface area contributed by atoms with E-state index >= 15 is 0 Å². The van der Waals surface area contributed by atoms with Gasteiger partial charge in [0.2, 0.25) is 0 Å². The van der Waals surface area contributed by atoms with Crippen LogP contribution in [0.5, 0.6) is 0 Å². The molecule has 1 heterocycles. The fourth-order valence-corrected chi connectivity index (χ4v) is 4.75. The Kier molecular flexibility index (Phi) is 23.9. The zero-order valence-electron chi connectivity index (χ0n) is 21.7. The molecular formula is C27H57CrN3. The van der Waals surface area contributed by atoms with E-state index in [2.05, 4.69) is 35.5 Å². The van der Waals surface area contributed by atoms with Crippen molar-refractivity contribution in [2.45, 2.75) is 136 Å². The third-order valence-corrected chi connectivity index (χ3v) is 6.68. The van der Waals surface area contributed by atoms with Gasteiger partial charge in [-0.25, -0.2) is 0 Å². The van der Waals surface area contributed by atoms with E-state index in [9.17, 15) is 0 Å². The third kappa shape index (κ3) is 18.5. The van der Waals surface area contributed by atoms with Gasteiger partial charge >= 0.3 is 0 Å². The summed E-state index contributed by atoms with van der Waals surface area (Å²) in [5.74, 6) is 0. The van der Waals surface area contributed by atoms with Gasteiger partial charge in [0, 0.05) is 37.0 Å². The molecule has 0 atom stereocenters. The van der Waals surface area contributed by atoms with Crippen LogP contribution in [0.4, 0.5) is 0 Å². The van der Waals surface area contributed by atoms with Gasteiger partial charge < -0.3 is 0 Å². The van der Waals surface area contributed by atoms with Crippen molar-refractivity contribution in [2.75, 3.05) is 39.6 Å². The van der Waals surface area contributed by atoms with Gasteiger partial charge in [0.05, 0.1) is 20.0 Å². The Morgan fingerprint density at radius 3 is 0.839 bits per heavy atom. The summed E-state index contributed by atoms with van der Waals surface area (Å²) in [6.07, 6.45) is 25.4. The van der Waals surface area contributed by atoms with Crippen molar-refractivity contribution in [2.24, 2.45) is 0 Å². The summed E-state index contributed by atoms with van der Waals surface area (Å²) < 4.78 is 0. The number of hydrogen-bond donors (Lipinski definition) is 0. The van der Waals surface area contributed by atoms with E-state index in [1.165, 1.54) is 155 Å². The van der Waals surface area contributed by atoms with Gasteiger partial charge in [-0.05, 0) is 19.3 Å². The van der Waals surface area contributed by atoms with Crippen molar-refractivity contribution < 1.29 is 17.4 Å². The van der Waals surface area contributed by atoms with Gasteiger partial charge in [0.15, 0.2) is 0 Å². The fourth-order valence-electron chi connectivity index (χ4n) is 4.75. The Morgan fingerprint density at radius 2 is 0.581 bits per heavy atom. The molecule has 31 heavy (non-hydrogen) atoms.